The Morgan fingerprint density at radius 3 is 2.25 bits per heavy atom. The Kier molecular flexibility index (Phi) is 5.26. The molecule has 0 aliphatic heterocycles. The molecule has 1 aliphatic carbocycles. The minimum atomic E-state index is -0.893. The molecule has 0 bridgehead atoms. The summed E-state index contributed by atoms with van der Waals surface area (Å²) in [5.41, 5.74) is -0.893. The van der Waals surface area contributed by atoms with E-state index in [1.807, 2.05) is 0 Å². The van der Waals surface area contributed by atoms with Gasteiger partial charge < -0.3 is 10.2 Å². The lowest BCUT2D eigenvalue weighted by Gasteiger charge is -2.39. The molecule has 0 spiro atoms. The molecule has 2 nitrogen and oxygen atoms in total. The monoisotopic (exact) mass is 228 g/mol. The quantitative estimate of drug-likeness (QED) is 0.759. The molecule has 2 unspecified atom stereocenters. The van der Waals surface area contributed by atoms with Gasteiger partial charge >= 0.3 is 0 Å². The lowest BCUT2D eigenvalue weighted by molar-refractivity contribution is -0.104. The van der Waals surface area contributed by atoms with Gasteiger partial charge in [0.2, 0.25) is 0 Å². The molecule has 0 saturated heterocycles. The van der Waals surface area contributed by atoms with Crippen molar-refractivity contribution in [1.82, 2.24) is 0 Å². The van der Waals surface area contributed by atoms with Crippen LogP contribution >= 0.6 is 0 Å². The number of rotatable bonds is 5. The van der Waals surface area contributed by atoms with Gasteiger partial charge in [-0.15, -0.1) is 0 Å². The van der Waals surface area contributed by atoms with Gasteiger partial charge in [-0.05, 0) is 38.5 Å². The van der Waals surface area contributed by atoms with Crippen molar-refractivity contribution in [3.63, 3.8) is 0 Å². The fourth-order valence-corrected chi connectivity index (χ4v) is 2.87. The molecule has 0 aromatic rings. The predicted molar refractivity (Wildman–Crippen MR) is 67.3 cm³/mol. The second-order valence-corrected chi connectivity index (χ2v) is 5.76. The summed E-state index contributed by atoms with van der Waals surface area (Å²) >= 11 is 0. The topological polar surface area (TPSA) is 40.5 Å². The molecule has 16 heavy (non-hydrogen) atoms. The molecular formula is C14H28O2. The third kappa shape index (κ3) is 3.46. The van der Waals surface area contributed by atoms with E-state index in [0.717, 1.165) is 18.8 Å². The van der Waals surface area contributed by atoms with Gasteiger partial charge in [0.05, 0.1) is 11.7 Å². The van der Waals surface area contributed by atoms with E-state index in [1.54, 1.807) is 13.8 Å². The number of aliphatic hydroxyl groups excluding tert-OH is 1. The second kappa shape index (κ2) is 6.02. The number of hydrogen-bond acceptors (Lipinski definition) is 2. The molecular weight excluding hydrogens is 200 g/mol. The first-order valence-electron chi connectivity index (χ1n) is 6.88. The van der Waals surface area contributed by atoms with Gasteiger partial charge in [0.25, 0.3) is 0 Å². The summed E-state index contributed by atoms with van der Waals surface area (Å²) in [6.45, 7) is 5.72. The maximum Gasteiger partial charge on any atom is 0.0902 e. The van der Waals surface area contributed by atoms with E-state index < -0.39 is 11.7 Å². The Bertz CT molecular complexity index is 191. The zero-order chi connectivity index (χ0) is 12.2. The van der Waals surface area contributed by atoms with Crippen LogP contribution in [-0.2, 0) is 0 Å². The van der Waals surface area contributed by atoms with Crippen molar-refractivity contribution in [3.8, 4) is 0 Å². The molecule has 0 amide bonds. The van der Waals surface area contributed by atoms with Crippen LogP contribution in [0.25, 0.3) is 0 Å². The van der Waals surface area contributed by atoms with Crippen molar-refractivity contribution in [2.75, 3.05) is 0 Å². The van der Waals surface area contributed by atoms with Crippen LogP contribution in [0, 0.1) is 11.8 Å². The van der Waals surface area contributed by atoms with Crippen molar-refractivity contribution in [1.29, 1.82) is 0 Å². The van der Waals surface area contributed by atoms with Gasteiger partial charge in [-0.25, -0.2) is 0 Å². The van der Waals surface area contributed by atoms with E-state index >= 15 is 0 Å². The zero-order valence-corrected chi connectivity index (χ0v) is 11.1. The van der Waals surface area contributed by atoms with E-state index in [0.29, 0.717) is 0 Å². The highest BCUT2D eigenvalue weighted by Gasteiger charge is 2.38. The summed E-state index contributed by atoms with van der Waals surface area (Å²) < 4.78 is 0. The molecule has 2 heteroatoms. The van der Waals surface area contributed by atoms with Crippen molar-refractivity contribution in [2.24, 2.45) is 11.8 Å². The highest BCUT2D eigenvalue weighted by Crippen LogP contribution is 2.38. The molecule has 0 heterocycles. The van der Waals surface area contributed by atoms with Crippen LogP contribution in [0.3, 0.4) is 0 Å². The van der Waals surface area contributed by atoms with E-state index in [-0.39, 0.29) is 5.92 Å². The van der Waals surface area contributed by atoms with Crippen LogP contribution in [0.2, 0.25) is 0 Å². The van der Waals surface area contributed by atoms with Crippen LogP contribution in [0.5, 0.6) is 0 Å². The van der Waals surface area contributed by atoms with Crippen molar-refractivity contribution >= 4 is 0 Å². The van der Waals surface area contributed by atoms with Gasteiger partial charge in [0, 0.05) is 0 Å². The summed E-state index contributed by atoms with van der Waals surface area (Å²) in [7, 11) is 0. The number of aliphatic hydroxyl groups is 2. The average Bonchev–Trinajstić information content (AvgIpc) is 2.26. The van der Waals surface area contributed by atoms with Crippen LogP contribution in [-0.4, -0.2) is 21.9 Å². The Hall–Kier alpha value is -0.0800. The normalized spacial score (nSPS) is 32.1. The van der Waals surface area contributed by atoms with Gasteiger partial charge in [-0.3, -0.25) is 0 Å². The molecule has 0 aromatic heterocycles. The van der Waals surface area contributed by atoms with Crippen molar-refractivity contribution < 1.29 is 10.2 Å². The van der Waals surface area contributed by atoms with Gasteiger partial charge in [-0.1, -0.05) is 39.0 Å². The van der Waals surface area contributed by atoms with Gasteiger partial charge in [0.15, 0.2) is 0 Å². The van der Waals surface area contributed by atoms with E-state index in [4.69, 9.17) is 0 Å². The zero-order valence-electron chi connectivity index (χ0n) is 11.1. The van der Waals surface area contributed by atoms with Crippen LogP contribution in [0.1, 0.15) is 65.7 Å². The maximum absolute atomic E-state index is 10.2. The van der Waals surface area contributed by atoms with E-state index in [9.17, 15) is 10.2 Å². The summed E-state index contributed by atoms with van der Waals surface area (Å²) in [6.07, 6.45) is 7.96. The standard InChI is InChI=1S/C14H28O2/c1-4-5-6-12-7-9-13(10-8-12)14(3,16)11(2)15/h11-13,15-16H,4-10H2,1-3H3. The lowest BCUT2D eigenvalue weighted by atomic mass is 9.71. The summed E-state index contributed by atoms with van der Waals surface area (Å²) in [4.78, 5) is 0. The first-order chi connectivity index (χ1) is 7.48. The third-order valence-electron chi connectivity index (χ3n) is 4.49. The van der Waals surface area contributed by atoms with Crippen molar-refractivity contribution in [3.05, 3.63) is 0 Å². The van der Waals surface area contributed by atoms with Crippen LogP contribution in [0.4, 0.5) is 0 Å². The maximum atomic E-state index is 10.2. The smallest absolute Gasteiger partial charge is 0.0902 e. The molecule has 1 fully saturated rings. The number of hydrogen-bond donors (Lipinski definition) is 2. The Labute approximate surface area is 100 Å². The molecule has 2 N–H and O–H groups in total. The Morgan fingerprint density at radius 2 is 1.81 bits per heavy atom. The summed E-state index contributed by atoms with van der Waals surface area (Å²) in [5.74, 6) is 1.14. The summed E-state index contributed by atoms with van der Waals surface area (Å²) in [5, 5.41) is 19.8. The predicted octanol–water partition coefficient (Wildman–Crippen LogP) is 3.11. The highest BCUT2D eigenvalue weighted by molar-refractivity contribution is 4.89. The molecule has 2 atom stereocenters. The summed E-state index contributed by atoms with van der Waals surface area (Å²) in [6, 6.07) is 0. The van der Waals surface area contributed by atoms with Crippen LogP contribution in [0.15, 0.2) is 0 Å². The average molecular weight is 228 g/mol. The Morgan fingerprint density at radius 1 is 1.25 bits per heavy atom. The van der Waals surface area contributed by atoms with E-state index in [2.05, 4.69) is 6.92 Å². The highest BCUT2D eigenvalue weighted by atomic mass is 16.3. The second-order valence-electron chi connectivity index (χ2n) is 5.76. The first kappa shape index (κ1) is 14.0. The van der Waals surface area contributed by atoms with Crippen LogP contribution < -0.4 is 0 Å². The first-order valence-corrected chi connectivity index (χ1v) is 6.88. The number of unbranched alkanes of at least 4 members (excludes halogenated alkanes) is 1. The molecule has 0 aromatic carbocycles. The lowest BCUT2D eigenvalue weighted by Crippen LogP contribution is -2.45. The van der Waals surface area contributed by atoms with E-state index in [1.165, 1.54) is 32.1 Å². The minimum Gasteiger partial charge on any atom is -0.390 e. The molecule has 0 radical (unpaired) electrons. The molecule has 1 rings (SSSR count). The fraction of sp³-hybridized carbons (Fsp3) is 1.00. The fourth-order valence-electron chi connectivity index (χ4n) is 2.87. The third-order valence-corrected chi connectivity index (χ3v) is 4.49. The molecule has 96 valence electrons. The largest absolute Gasteiger partial charge is 0.390 e. The SMILES string of the molecule is CCCCC1CCC(C(C)(O)C(C)O)CC1. The minimum absolute atomic E-state index is 0.283. The Balaban J connectivity index is 2.37. The van der Waals surface area contributed by atoms with Crippen molar-refractivity contribution in [2.45, 2.75) is 77.4 Å². The van der Waals surface area contributed by atoms with Gasteiger partial charge in [-0.2, -0.15) is 0 Å². The molecule has 1 saturated carbocycles. The van der Waals surface area contributed by atoms with Gasteiger partial charge in [0.1, 0.15) is 0 Å². The molecule has 1 aliphatic rings.